The number of anilines is 1. The van der Waals surface area contributed by atoms with Gasteiger partial charge < -0.3 is 20.1 Å². The Balaban J connectivity index is 1.52. The number of alkyl carbamates (subject to hydrolysis) is 1. The molecule has 2 heterocycles. The van der Waals surface area contributed by atoms with Crippen molar-refractivity contribution in [3.63, 3.8) is 0 Å². The average molecular weight is 453 g/mol. The Bertz CT molecular complexity index is 982. The van der Waals surface area contributed by atoms with Crippen LogP contribution in [0.2, 0.25) is 0 Å². The molecular weight excluding hydrogens is 424 g/mol. The Morgan fingerprint density at radius 1 is 1.39 bits per heavy atom. The number of hydrogen-bond donors (Lipinski definition) is 3. The molecule has 1 saturated heterocycles. The van der Waals surface area contributed by atoms with E-state index in [1.807, 2.05) is 19.9 Å². The highest BCUT2D eigenvalue weighted by atomic mass is 32.2. The van der Waals surface area contributed by atoms with Crippen molar-refractivity contribution in [3.05, 3.63) is 34.9 Å². The summed E-state index contributed by atoms with van der Waals surface area (Å²) in [5.41, 5.74) is 0.656. The van der Waals surface area contributed by atoms with Crippen LogP contribution in [0.5, 0.6) is 0 Å². The Morgan fingerprint density at radius 3 is 2.87 bits per heavy atom. The van der Waals surface area contributed by atoms with Crippen LogP contribution >= 0.6 is 0 Å². The second kappa shape index (κ2) is 9.65. The van der Waals surface area contributed by atoms with E-state index in [9.17, 15) is 18.0 Å². The van der Waals surface area contributed by atoms with Crippen molar-refractivity contribution in [2.45, 2.75) is 51.4 Å². The third-order valence-electron chi connectivity index (χ3n) is 4.93. The molecule has 3 rings (SSSR count). The molecule has 0 bridgehead atoms. The second-order valence-electron chi connectivity index (χ2n) is 8.05. The summed E-state index contributed by atoms with van der Waals surface area (Å²) in [4.78, 5) is 24.4. The van der Waals surface area contributed by atoms with Gasteiger partial charge >= 0.3 is 6.09 Å². The number of aromatic nitrogens is 2. The summed E-state index contributed by atoms with van der Waals surface area (Å²) < 4.78 is 34.9. The lowest BCUT2D eigenvalue weighted by Crippen LogP contribution is -2.33. The van der Waals surface area contributed by atoms with E-state index in [0.717, 1.165) is 6.26 Å². The van der Waals surface area contributed by atoms with E-state index >= 15 is 0 Å². The van der Waals surface area contributed by atoms with Crippen molar-refractivity contribution in [2.75, 3.05) is 18.2 Å². The molecular formula is C20H28N4O6S. The van der Waals surface area contributed by atoms with Gasteiger partial charge in [0.05, 0.1) is 12.3 Å². The van der Waals surface area contributed by atoms with Crippen molar-refractivity contribution < 1.29 is 27.5 Å². The van der Waals surface area contributed by atoms with Crippen molar-refractivity contribution in [1.29, 1.82) is 0 Å². The Morgan fingerprint density at radius 2 is 2.16 bits per heavy atom. The fourth-order valence-corrected chi connectivity index (χ4v) is 4.68. The smallest absolute Gasteiger partial charge is 0.407 e. The quantitative estimate of drug-likeness (QED) is 0.576. The molecule has 1 fully saturated rings. The predicted octanol–water partition coefficient (Wildman–Crippen LogP) is 2.21. The zero-order valence-corrected chi connectivity index (χ0v) is 18.6. The third-order valence-corrected chi connectivity index (χ3v) is 6.26. The number of carbonyl (C=O) groups excluding carboxylic acids is 2. The van der Waals surface area contributed by atoms with Gasteiger partial charge in [0.1, 0.15) is 12.2 Å². The number of aromatic amines is 1. The van der Waals surface area contributed by atoms with Gasteiger partial charge in [-0.05, 0) is 26.3 Å². The molecule has 1 aliphatic heterocycles. The molecule has 11 heteroatoms. The topological polar surface area (TPSA) is 139 Å². The van der Waals surface area contributed by atoms with Crippen LogP contribution < -0.4 is 10.6 Å². The fraction of sp³-hybridized carbons (Fsp3) is 0.550. The molecule has 1 aliphatic carbocycles. The Hall–Kier alpha value is -2.66. The molecule has 3 atom stereocenters. The number of rotatable bonds is 7. The molecule has 2 aliphatic rings. The van der Waals surface area contributed by atoms with Crippen LogP contribution in [0.1, 0.15) is 44.9 Å². The standard InChI is InChI=1S/C20H28N4O6S/c1-12(2)21-20(26)30-14-9-16(29-11-14)15-10-18(24-23-15)22-19(25)8-13-6-4-5-7-17(13)31(3,27)28/h4-5,7,10,12-14,16H,6,8-9,11H2,1-3H3,(H,21,26)(H2,22,23,24,25)/t13?,14-,16-/m1/s1. The molecule has 1 unspecified atom stereocenters. The Labute approximate surface area is 181 Å². The Kier molecular flexibility index (Phi) is 7.16. The van der Waals surface area contributed by atoms with Crippen LogP contribution in [-0.2, 0) is 24.1 Å². The van der Waals surface area contributed by atoms with Gasteiger partial charge in [-0.15, -0.1) is 0 Å². The van der Waals surface area contributed by atoms with Gasteiger partial charge in [0.15, 0.2) is 15.7 Å². The summed E-state index contributed by atoms with van der Waals surface area (Å²) in [6.07, 6.45) is 6.02. The molecule has 3 N–H and O–H groups in total. The lowest BCUT2D eigenvalue weighted by Gasteiger charge is -2.19. The summed E-state index contributed by atoms with van der Waals surface area (Å²) in [5, 5.41) is 12.3. The summed E-state index contributed by atoms with van der Waals surface area (Å²) in [6, 6.07) is 1.64. The normalized spacial score (nSPS) is 23.5. The molecule has 31 heavy (non-hydrogen) atoms. The van der Waals surface area contributed by atoms with Gasteiger partial charge in [0.2, 0.25) is 5.91 Å². The molecule has 0 aromatic carbocycles. The molecule has 2 amide bonds. The number of nitrogens with one attached hydrogen (secondary N) is 3. The second-order valence-corrected chi connectivity index (χ2v) is 10.1. The zero-order chi connectivity index (χ0) is 22.6. The summed E-state index contributed by atoms with van der Waals surface area (Å²) >= 11 is 0. The van der Waals surface area contributed by atoms with Crippen LogP contribution in [-0.4, -0.2) is 55.6 Å². The van der Waals surface area contributed by atoms with E-state index in [1.54, 1.807) is 18.2 Å². The van der Waals surface area contributed by atoms with Crippen LogP contribution in [0.4, 0.5) is 10.6 Å². The molecule has 0 radical (unpaired) electrons. The summed E-state index contributed by atoms with van der Waals surface area (Å²) in [5.74, 6) is -0.403. The van der Waals surface area contributed by atoms with Gasteiger partial charge in [0.25, 0.3) is 0 Å². The predicted molar refractivity (Wildman–Crippen MR) is 114 cm³/mol. The van der Waals surface area contributed by atoms with Gasteiger partial charge in [-0.25, -0.2) is 13.2 Å². The van der Waals surface area contributed by atoms with Crippen molar-refractivity contribution in [2.24, 2.45) is 5.92 Å². The van der Waals surface area contributed by atoms with E-state index in [2.05, 4.69) is 20.8 Å². The first-order valence-electron chi connectivity index (χ1n) is 10.1. The number of sulfone groups is 1. The van der Waals surface area contributed by atoms with Crippen LogP contribution in [0.15, 0.2) is 29.2 Å². The van der Waals surface area contributed by atoms with Crippen molar-refractivity contribution >= 4 is 27.7 Å². The molecule has 1 aromatic rings. The van der Waals surface area contributed by atoms with Crippen molar-refractivity contribution in [3.8, 4) is 0 Å². The molecule has 1 aromatic heterocycles. The van der Waals surface area contributed by atoms with E-state index in [1.165, 1.54) is 0 Å². The van der Waals surface area contributed by atoms with Gasteiger partial charge in [-0.3, -0.25) is 9.89 Å². The molecule has 10 nitrogen and oxygen atoms in total. The van der Waals surface area contributed by atoms with E-state index in [-0.39, 0.29) is 42.1 Å². The van der Waals surface area contributed by atoms with Crippen LogP contribution in [0.25, 0.3) is 0 Å². The minimum absolute atomic E-state index is 0.0157. The number of H-pyrrole nitrogens is 1. The van der Waals surface area contributed by atoms with Crippen LogP contribution in [0, 0.1) is 5.92 Å². The van der Waals surface area contributed by atoms with Gasteiger partial charge in [-0.2, -0.15) is 5.10 Å². The lowest BCUT2D eigenvalue weighted by atomic mass is 9.96. The molecule has 0 saturated carbocycles. The highest BCUT2D eigenvalue weighted by Crippen LogP contribution is 2.31. The zero-order valence-electron chi connectivity index (χ0n) is 17.8. The van der Waals surface area contributed by atoms with Crippen molar-refractivity contribution in [1.82, 2.24) is 15.5 Å². The van der Waals surface area contributed by atoms with E-state index < -0.39 is 21.8 Å². The first kappa shape index (κ1) is 23.0. The number of hydrogen-bond acceptors (Lipinski definition) is 7. The fourth-order valence-electron chi connectivity index (χ4n) is 3.57. The number of nitrogens with zero attached hydrogens (tertiary/aromatic N) is 1. The SMILES string of the molecule is CC(C)NC(=O)O[C@H]1CO[C@@H](c2cc(NC(=O)CC3CC=CC=C3S(C)(=O)=O)n[nH]2)C1. The van der Waals surface area contributed by atoms with E-state index in [4.69, 9.17) is 9.47 Å². The number of amides is 2. The van der Waals surface area contributed by atoms with Gasteiger partial charge in [-0.1, -0.05) is 12.2 Å². The monoisotopic (exact) mass is 452 g/mol. The number of allylic oxidation sites excluding steroid dienone is 4. The van der Waals surface area contributed by atoms with Gasteiger partial charge in [0, 0.05) is 42.0 Å². The third kappa shape index (κ3) is 6.41. The number of carbonyl (C=O) groups is 2. The minimum atomic E-state index is -3.37. The lowest BCUT2D eigenvalue weighted by molar-refractivity contribution is -0.116. The summed E-state index contributed by atoms with van der Waals surface area (Å²) in [7, 11) is -3.37. The summed E-state index contributed by atoms with van der Waals surface area (Å²) in [6.45, 7) is 3.96. The van der Waals surface area contributed by atoms with Crippen LogP contribution in [0.3, 0.4) is 0 Å². The minimum Gasteiger partial charge on any atom is -0.444 e. The number of ether oxygens (including phenoxy) is 2. The molecule has 0 spiro atoms. The van der Waals surface area contributed by atoms with E-state index in [0.29, 0.717) is 24.4 Å². The average Bonchev–Trinajstić information content (AvgIpc) is 3.30. The first-order valence-corrected chi connectivity index (χ1v) is 12.0. The first-order chi connectivity index (χ1) is 14.6. The maximum atomic E-state index is 12.4. The maximum absolute atomic E-state index is 12.4. The highest BCUT2D eigenvalue weighted by molar-refractivity contribution is 7.94. The maximum Gasteiger partial charge on any atom is 0.407 e. The molecule has 170 valence electrons. The highest BCUT2D eigenvalue weighted by Gasteiger charge is 2.31. The largest absolute Gasteiger partial charge is 0.444 e.